The van der Waals surface area contributed by atoms with Crippen molar-refractivity contribution in [3.63, 3.8) is 0 Å². The third-order valence-electron chi connectivity index (χ3n) is 3.03. The van der Waals surface area contributed by atoms with Crippen LogP contribution < -0.4 is 5.32 Å². The van der Waals surface area contributed by atoms with Gasteiger partial charge in [-0.3, -0.25) is 0 Å². The second-order valence-electron chi connectivity index (χ2n) is 5.48. The largest absolute Gasteiger partial charge is 0.380 e. The predicted octanol–water partition coefficient (Wildman–Crippen LogP) is 4.03. The molecule has 0 saturated carbocycles. The summed E-state index contributed by atoms with van der Waals surface area (Å²) in [5.74, 6) is 0.726. The van der Waals surface area contributed by atoms with Crippen LogP contribution in [0.4, 0.5) is 0 Å². The molecule has 1 atom stereocenters. The van der Waals surface area contributed by atoms with Gasteiger partial charge in [-0.1, -0.05) is 41.9 Å². The molecule has 0 heterocycles. The van der Waals surface area contributed by atoms with E-state index in [1.54, 1.807) is 0 Å². The molecule has 19 heavy (non-hydrogen) atoms. The van der Waals surface area contributed by atoms with Gasteiger partial charge in [0.05, 0.1) is 6.61 Å². The van der Waals surface area contributed by atoms with Crippen LogP contribution in [0.15, 0.2) is 28.7 Å². The zero-order valence-electron chi connectivity index (χ0n) is 12.3. The molecule has 1 rings (SSSR count). The molecule has 1 N–H and O–H groups in total. The van der Waals surface area contributed by atoms with Crippen LogP contribution in [0.2, 0.25) is 0 Å². The van der Waals surface area contributed by atoms with E-state index in [-0.39, 0.29) is 0 Å². The maximum atomic E-state index is 5.59. The smallest absolute Gasteiger partial charge is 0.0591 e. The summed E-state index contributed by atoms with van der Waals surface area (Å²) >= 11 is 3.46. The summed E-state index contributed by atoms with van der Waals surface area (Å²) in [4.78, 5) is 0. The second-order valence-corrected chi connectivity index (χ2v) is 6.40. The van der Waals surface area contributed by atoms with E-state index < -0.39 is 0 Å². The third kappa shape index (κ3) is 8.40. The van der Waals surface area contributed by atoms with Crippen molar-refractivity contribution in [3.8, 4) is 0 Å². The molecule has 3 heteroatoms. The molecule has 0 aliphatic carbocycles. The van der Waals surface area contributed by atoms with Crippen LogP contribution in [0.1, 0.15) is 32.8 Å². The predicted molar refractivity (Wildman–Crippen MR) is 85.6 cm³/mol. The average Bonchev–Trinajstić information content (AvgIpc) is 2.36. The van der Waals surface area contributed by atoms with Crippen LogP contribution in [0.25, 0.3) is 0 Å². The van der Waals surface area contributed by atoms with Gasteiger partial charge in [0.2, 0.25) is 0 Å². The Labute approximate surface area is 126 Å². The monoisotopic (exact) mass is 327 g/mol. The standard InChI is InChI=1S/C16H26BrNO/c1-13(2)8-10-19-11-9-18-14(3)12-15-4-6-16(17)7-5-15/h4-7,13-14,18H,8-12H2,1-3H3. The Bertz CT molecular complexity index is 337. The highest BCUT2D eigenvalue weighted by Gasteiger charge is 2.02. The van der Waals surface area contributed by atoms with E-state index >= 15 is 0 Å². The minimum absolute atomic E-state index is 0.481. The van der Waals surface area contributed by atoms with Gasteiger partial charge in [-0.2, -0.15) is 0 Å². The van der Waals surface area contributed by atoms with E-state index in [9.17, 15) is 0 Å². The van der Waals surface area contributed by atoms with Gasteiger partial charge in [0.25, 0.3) is 0 Å². The van der Waals surface area contributed by atoms with Gasteiger partial charge in [-0.15, -0.1) is 0 Å². The fourth-order valence-electron chi connectivity index (χ4n) is 1.84. The molecule has 0 spiro atoms. The zero-order chi connectivity index (χ0) is 14.1. The van der Waals surface area contributed by atoms with Gasteiger partial charge in [0.15, 0.2) is 0 Å². The number of halogens is 1. The van der Waals surface area contributed by atoms with Crippen LogP contribution in [0.5, 0.6) is 0 Å². The van der Waals surface area contributed by atoms with Crippen molar-refractivity contribution in [2.45, 2.75) is 39.7 Å². The lowest BCUT2D eigenvalue weighted by molar-refractivity contribution is 0.123. The number of rotatable bonds is 9. The molecule has 0 bridgehead atoms. The van der Waals surface area contributed by atoms with E-state index in [1.165, 1.54) is 5.56 Å². The lowest BCUT2D eigenvalue weighted by Gasteiger charge is -2.14. The van der Waals surface area contributed by atoms with Crippen molar-refractivity contribution < 1.29 is 4.74 Å². The Balaban J connectivity index is 2.08. The average molecular weight is 328 g/mol. The van der Waals surface area contributed by atoms with Crippen LogP contribution in [-0.2, 0) is 11.2 Å². The van der Waals surface area contributed by atoms with Crippen molar-refractivity contribution in [2.24, 2.45) is 5.92 Å². The van der Waals surface area contributed by atoms with Gasteiger partial charge in [0, 0.05) is 23.7 Å². The molecular formula is C16H26BrNO. The number of hydrogen-bond donors (Lipinski definition) is 1. The van der Waals surface area contributed by atoms with Gasteiger partial charge in [-0.05, 0) is 43.4 Å². The Kier molecular flexibility index (Phi) is 8.35. The fraction of sp³-hybridized carbons (Fsp3) is 0.625. The summed E-state index contributed by atoms with van der Waals surface area (Å²) in [5, 5.41) is 3.50. The molecule has 0 saturated heterocycles. The molecule has 1 aromatic rings. The maximum Gasteiger partial charge on any atom is 0.0591 e. The Hall–Kier alpha value is -0.380. The molecule has 0 aromatic heterocycles. The first-order valence-corrected chi connectivity index (χ1v) is 7.93. The first-order chi connectivity index (χ1) is 9.08. The summed E-state index contributed by atoms with van der Waals surface area (Å²) in [7, 11) is 0. The highest BCUT2D eigenvalue weighted by atomic mass is 79.9. The van der Waals surface area contributed by atoms with Crippen LogP contribution in [0.3, 0.4) is 0 Å². The Morgan fingerprint density at radius 3 is 2.42 bits per heavy atom. The summed E-state index contributed by atoms with van der Waals surface area (Å²) in [6.45, 7) is 9.27. The number of hydrogen-bond acceptors (Lipinski definition) is 2. The number of ether oxygens (including phenoxy) is 1. The molecule has 1 aromatic carbocycles. The van der Waals surface area contributed by atoms with Crippen molar-refractivity contribution in [1.29, 1.82) is 0 Å². The fourth-order valence-corrected chi connectivity index (χ4v) is 2.11. The summed E-state index contributed by atoms with van der Waals surface area (Å²) < 4.78 is 6.73. The minimum Gasteiger partial charge on any atom is -0.380 e. The van der Waals surface area contributed by atoms with E-state index in [2.05, 4.69) is 66.3 Å². The van der Waals surface area contributed by atoms with Crippen molar-refractivity contribution in [2.75, 3.05) is 19.8 Å². The molecule has 2 nitrogen and oxygen atoms in total. The van der Waals surface area contributed by atoms with E-state index in [0.717, 1.165) is 43.0 Å². The lowest BCUT2D eigenvalue weighted by atomic mass is 10.1. The SMILES string of the molecule is CC(C)CCOCCNC(C)Cc1ccc(Br)cc1. The minimum atomic E-state index is 0.481. The van der Waals surface area contributed by atoms with E-state index in [0.29, 0.717) is 6.04 Å². The van der Waals surface area contributed by atoms with Crippen LogP contribution in [-0.4, -0.2) is 25.8 Å². The maximum absolute atomic E-state index is 5.59. The van der Waals surface area contributed by atoms with Crippen LogP contribution in [0, 0.1) is 5.92 Å². The molecule has 0 aliphatic rings. The molecule has 0 radical (unpaired) electrons. The highest BCUT2D eigenvalue weighted by Crippen LogP contribution is 2.11. The van der Waals surface area contributed by atoms with Gasteiger partial charge >= 0.3 is 0 Å². The third-order valence-corrected chi connectivity index (χ3v) is 3.56. The molecule has 0 fully saturated rings. The first kappa shape index (κ1) is 16.7. The zero-order valence-corrected chi connectivity index (χ0v) is 13.9. The second kappa shape index (κ2) is 9.51. The van der Waals surface area contributed by atoms with Gasteiger partial charge in [0.1, 0.15) is 0 Å². The van der Waals surface area contributed by atoms with Crippen molar-refractivity contribution in [3.05, 3.63) is 34.3 Å². The highest BCUT2D eigenvalue weighted by molar-refractivity contribution is 9.10. The Morgan fingerprint density at radius 1 is 1.11 bits per heavy atom. The van der Waals surface area contributed by atoms with Crippen LogP contribution >= 0.6 is 15.9 Å². The quantitative estimate of drug-likeness (QED) is 0.691. The normalized spacial score (nSPS) is 12.9. The van der Waals surface area contributed by atoms with Gasteiger partial charge in [-0.25, -0.2) is 0 Å². The summed E-state index contributed by atoms with van der Waals surface area (Å²) in [6, 6.07) is 9.01. The topological polar surface area (TPSA) is 21.3 Å². The molecule has 0 aliphatic heterocycles. The number of benzene rings is 1. The molecule has 108 valence electrons. The van der Waals surface area contributed by atoms with E-state index in [1.807, 2.05) is 0 Å². The van der Waals surface area contributed by atoms with Crippen molar-refractivity contribution >= 4 is 15.9 Å². The summed E-state index contributed by atoms with van der Waals surface area (Å²) in [5.41, 5.74) is 1.36. The number of nitrogens with one attached hydrogen (secondary N) is 1. The van der Waals surface area contributed by atoms with E-state index in [4.69, 9.17) is 4.74 Å². The lowest BCUT2D eigenvalue weighted by Crippen LogP contribution is -2.31. The molecule has 1 unspecified atom stereocenters. The first-order valence-electron chi connectivity index (χ1n) is 7.13. The molecule has 0 amide bonds. The van der Waals surface area contributed by atoms with Crippen molar-refractivity contribution in [1.82, 2.24) is 5.32 Å². The molecular weight excluding hydrogens is 302 g/mol. The Morgan fingerprint density at radius 2 is 1.79 bits per heavy atom. The van der Waals surface area contributed by atoms with Gasteiger partial charge < -0.3 is 10.1 Å². The summed E-state index contributed by atoms with van der Waals surface area (Å²) in [6.07, 6.45) is 2.20.